The van der Waals surface area contributed by atoms with Crippen molar-refractivity contribution in [1.29, 1.82) is 0 Å². The second kappa shape index (κ2) is 13.2. The number of anilines is 1. The van der Waals surface area contributed by atoms with Crippen molar-refractivity contribution < 1.29 is 19.4 Å². The molecule has 1 N–H and O–H groups in total. The first-order valence-corrected chi connectivity index (χ1v) is 14.1. The minimum Gasteiger partial charge on any atom is -0.507 e. The van der Waals surface area contributed by atoms with Crippen molar-refractivity contribution in [2.24, 2.45) is 4.99 Å². The average Bonchev–Trinajstić information content (AvgIpc) is 3.38. The molecule has 41 heavy (non-hydrogen) atoms. The number of ether oxygens (including phenoxy) is 1. The van der Waals surface area contributed by atoms with Crippen LogP contribution < -0.4 is 4.90 Å². The number of piperazine rings is 1. The Kier molecular flexibility index (Phi) is 9.22. The van der Waals surface area contributed by atoms with Crippen LogP contribution in [0.15, 0.2) is 41.5 Å². The van der Waals surface area contributed by atoms with Crippen LogP contribution in [0, 0.1) is 0 Å². The summed E-state index contributed by atoms with van der Waals surface area (Å²) in [6, 6.07) is 9.23. The zero-order valence-electron chi connectivity index (χ0n) is 23.8. The number of rotatable bonds is 10. The number of hydrogen-bond acceptors (Lipinski definition) is 10. The molecule has 218 valence electrons. The largest absolute Gasteiger partial charge is 0.507 e. The van der Waals surface area contributed by atoms with Crippen LogP contribution in [0.1, 0.15) is 18.4 Å². The van der Waals surface area contributed by atoms with E-state index >= 15 is 0 Å². The number of ketones is 1. The van der Waals surface area contributed by atoms with Crippen LogP contribution in [0.2, 0.25) is 0 Å². The maximum absolute atomic E-state index is 12.7. The molecule has 2 aliphatic heterocycles. The van der Waals surface area contributed by atoms with Crippen molar-refractivity contribution in [3.8, 4) is 17.1 Å². The summed E-state index contributed by atoms with van der Waals surface area (Å²) in [6.45, 7) is 6.68. The highest BCUT2D eigenvalue weighted by molar-refractivity contribution is 6.27. The Balaban J connectivity index is 1.23. The second-order valence-corrected chi connectivity index (χ2v) is 10.7. The van der Waals surface area contributed by atoms with Crippen LogP contribution in [0.3, 0.4) is 0 Å². The second-order valence-electron chi connectivity index (χ2n) is 10.7. The highest BCUT2D eigenvalue weighted by atomic mass is 16.5. The number of carbonyl (C=O) groups is 2. The van der Waals surface area contributed by atoms with Gasteiger partial charge in [0.2, 0.25) is 5.91 Å². The summed E-state index contributed by atoms with van der Waals surface area (Å²) in [5.74, 6) is 1.32. The summed E-state index contributed by atoms with van der Waals surface area (Å²) in [5.41, 5.74) is 2.60. The number of aliphatic imine (C=N–C) groups is 1. The molecule has 5 rings (SSSR count). The monoisotopic (exact) mass is 562 g/mol. The fourth-order valence-corrected chi connectivity index (χ4v) is 5.08. The third-order valence-electron chi connectivity index (χ3n) is 7.27. The van der Waals surface area contributed by atoms with Gasteiger partial charge in [0.1, 0.15) is 11.3 Å². The molecule has 0 unspecified atom stereocenters. The molecule has 0 spiro atoms. The van der Waals surface area contributed by atoms with E-state index in [0.29, 0.717) is 44.4 Å². The maximum Gasteiger partial charge on any atom is 0.223 e. The van der Waals surface area contributed by atoms with E-state index in [2.05, 4.69) is 20.9 Å². The van der Waals surface area contributed by atoms with Gasteiger partial charge >= 0.3 is 0 Å². The van der Waals surface area contributed by atoms with Gasteiger partial charge < -0.3 is 19.6 Å². The Morgan fingerprint density at radius 1 is 1.07 bits per heavy atom. The molecule has 2 saturated heterocycles. The smallest absolute Gasteiger partial charge is 0.223 e. The fourth-order valence-electron chi connectivity index (χ4n) is 5.08. The van der Waals surface area contributed by atoms with E-state index in [4.69, 9.17) is 14.8 Å². The van der Waals surface area contributed by atoms with Crippen molar-refractivity contribution in [3.63, 3.8) is 0 Å². The quantitative estimate of drug-likeness (QED) is 0.367. The first-order valence-electron chi connectivity index (χ1n) is 14.1. The number of aromatic hydroxyl groups is 1. The summed E-state index contributed by atoms with van der Waals surface area (Å²) in [7, 11) is 3.77. The fraction of sp³-hybridized carbons (Fsp3) is 0.483. The molecule has 0 saturated carbocycles. The normalized spacial score (nSPS) is 16.8. The average molecular weight is 563 g/mol. The Morgan fingerprint density at radius 3 is 2.56 bits per heavy atom. The van der Waals surface area contributed by atoms with Gasteiger partial charge in [-0.2, -0.15) is 0 Å². The zero-order chi connectivity index (χ0) is 28.8. The number of benzene rings is 1. The number of phenols is 1. The van der Waals surface area contributed by atoms with Crippen LogP contribution in [0.4, 0.5) is 5.82 Å². The SMILES string of the molecule is CN(C)CN=CC(=O)CCC(=O)N1CCN(Cc2cc3c(N4CCOCC4)nc(-c4ccccc4O)nn3c2)CC1. The summed E-state index contributed by atoms with van der Waals surface area (Å²) in [6.07, 6.45) is 3.74. The summed E-state index contributed by atoms with van der Waals surface area (Å²) in [5, 5.41) is 15.2. The summed E-state index contributed by atoms with van der Waals surface area (Å²) >= 11 is 0. The van der Waals surface area contributed by atoms with Gasteiger partial charge in [-0.1, -0.05) is 12.1 Å². The van der Waals surface area contributed by atoms with Crippen molar-refractivity contribution in [3.05, 3.63) is 42.1 Å². The van der Waals surface area contributed by atoms with E-state index in [9.17, 15) is 14.7 Å². The lowest BCUT2D eigenvalue weighted by Gasteiger charge is -2.34. The number of para-hydroxylation sites is 1. The highest BCUT2D eigenvalue weighted by Gasteiger charge is 2.24. The molecule has 0 aliphatic carbocycles. The number of phenolic OH excluding ortho intramolecular Hbond substituents is 1. The van der Waals surface area contributed by atoms with Gasteiger partial charge in [0, 0.05) is 64.9 Å². The molecule has 4 heterocycles. The van der Waals surface area contributed by atoms with Crippen molar-refractivity contribution in [2.75, 3.05) is 78.1 Å². The summed E-state index contributed by atoms with van der Waals surface area (Å²) in [4.78, 5) is 41.9. The minimum absolute atomic E-state index is 0.00994. The first kappa shape index (κ1) is 28.7. The molecule has 1 amide bonds. The number of amides is 1. The Labute approximate surface area is 239 Å². The number of carbonyl (C=O) groups excluding carboxylic acids is 2. The Hall–Kier alpha value is -3.87. The van der Waals surface area contributed by atoms with E-state index in [1.807, 2.05) is 46.7 Å². The van der Waals surface area contributed by atoms with Crippen LogP contribution in [-0.4, -0.2) is 126 Å². The molecule has 2 aliphatic rings. The molecule has 2 aromatic heterocycles. The van der Waals surface area contributed by atoms with Gasteiger partial charge in [0.05, 0.1) is 31.7 Å². The standard InChI is InChI=1S/C29H38N8O4/c1-33(2)21-30-18-23(38)7-8-27(40)35-11-9-34(10-12-35)19-22-17-25-29(36-13-15-41-16-14-36)31-28(32-37(25)20-22)24-5-3-4-6-26(24)39/h3-6,17-18,20,39H,7-16,19,21H2,1-2H3. The Morgan fingerprint density at radius 2 is 1.83 bits per heavy atom. The van der Waals surface area contributed by atoms with Crippen molar-refractivity contribution >= 4 is 29.2 Å². The van der Waals surface area contributed by atoms with E-state index < -0.39 is 0 Å². The third kappa shape index (κ3) is 7.26. The lowest BCUT2D eigenvalue weighted by atomic mass is 10.2. The lowest BCUT2D eigenvalue weighted by Crippen LogP contribution is -2.48. The van der Waals surface area contributed by atoms with Gasteiger partial charge in [-0.05, 0) is 37.9 Å². The first-order chi connectivity index (χ1) is 19.9. The summed E-state index contributed by atoms with van der Waals surface area (Å²) < 4.78 is 7.41. The maximum atomic E-state index is 12.7. The molecule has 12 nitrogen and oxygen atoms in total. The minimum atomic E-state index is -0.121. The Bertz CT molecular complexity index is 1390. The zero-order valence-corrected chi connectivity index (χ0v) is 23.8. The third-order valence-corrected chi connectivity index (χ3v) is 7.27. The molecule has 3 aromatic rings. The van der Waals surface area contributed by atoms with Crippen LogP contribution in [-0.2, 0) is 20.9 Å². The molecule has 0 radical (unpaired) electrons. The molecular formula is C29H38N8O4. The predicted molar refractivity (Wildman–Crippen MR) is 156 cm³/mol. The van der Waals surface area contributed by atoms with Crippen molar-refractivity contribution in [1.82, 2.24) is 29.3 Å². The molecule has 0 atom stereocenters. The van der Waals surface area contributed by atoms with Gasteiger partial charge in [0.25, 0.3) is 0 Å². The molecule has 1 aromatic carbocycles. The highest BCUT2D eigenvalue weighted by Crippen LogP contribution is 2.30. The predicted octanol–water partition coefficient (Wildman–Crippen LogP) is 1.52. The molecule has 2 fully saturated rings. The van der Waals surface area contributed by atoms with Crippen LogP contribution >= 0.6 is 0 Å². The van der Waals surface area contributed by atoms with Gasteiger partial charge in [0.15, 0.2) is 17.4 Å². The van der Waals surface area contributed by atoms with E-state index in [1.165, 1.54) is 6.21 Å². The lowest BCUT2D eigenvalue weighted by molar-refractivity contribution is -0.134. The number of aromatic nitrogens is 3. The number of morpholine rings is 1. The van der Waals surface area contributed by atoms with E-state index in [1.54, 1.807) is 12.1 Å². The number of Topliss-reactive ketones (excluding diaryl/α,β-unsaturated/α-hetero) is 1. The van der Waals surface area contributed by atoms with Gasteiger partial charge in [-0.3, -0.25) is 24.4 Å². The number of fused-ring (bicyclic) bond motifs is 1. The van der Waals surface area contributed by atoms with Gasteiger partial charge in [-0.15, -0.1) is 5.10 Å². The van der Waals surface area contributed by atoms with Crippen LogP contribution in [0.5, 0.6) is 5.75 Å². The molecule has 12 heteroatoms. The van der Waals surface area contributed by atoms with Crippen LogP contribution in [0.25, 0.3) is 16.9 Å². The number of nitrogens with zero attached hydrogens (tertiary/aromatic N) is 8. The van der Waals surface area contributed by atoms with E-state index in [-0.39, 0.29) is 30.3 Å². The molecular weight excluding hydrogens is 524 g/mol. The van der Waals surface area contributed by atoms with Crippen molar-refractivity contribution in [2.45, 2.75) is 19.4 Å². The van der Waals surface area contributed by atoms with Gasteiger partial charge in [-0.25, -0.2) is 9.50 Å². The molecule has 0 bridgehead atoms. The number of hydrogen-bond donors (Lipinski definition) is 1. The van der Waals surface area contributed by atoms with E-state index in [0.717, 1.165) is 49.6 Å². The topological polar surface area (TPSA) is 119 Å².